The second-order valence-corrected chi connectivity index (χ2v) is 5.81. The number of hydrogen-bond donors (Lipinski definition) is 1. The molecule has 0 bridgehead atoms. The van der Waals surface area contributed by atoms with Crippen LogP contribution in [0.5, 0.6) is 0 Å². The fraction of sp³-hybridized carbons (Fsp3) is 0.556. The van der Waals surface area contributed by atoms with E-state index in [-0.39, 0.29) is 12.5 Å². The summed E-state index contributed by atoms with van der Waals surface area (Å²) in [7, 11) is 0. The van der Waals surface area contributed by atoms with E-state index in [2.05, 4.69) is 18.8 Å². The third-order valence-electron chi connectivity index (χ3n) is 3.93. The van der Waals surface area contributed by atoms with E-state index in [0.717, 1.165) is 42.8 Å². The van der Waals surface area contributed by atoms with Crippen LogP contribution in [0.4, 0.5) is 0 Å². The van der Waals surface area contributed by atoms with Crippen LogP contribution in [0.2, 0.25) is 0 Å². The number of amides is 1. The van der Waals surface area contributed by atoms with Gasteiger partial charge in [-0.25, -0.2) is 4.98 Å². The van der Waals surface area contributed by atoms with E-state index in [4.69, 9.17) is 5.11 Å². The molecule has 1 amide bonds. The number of aliphatic hydroxyl groups is 1. The number of carbonyl (C=O) groups is 1. The molecule has 1 aromatic carbocycles. The lowest BCUT2D eigenvalue weighted by Gasteiger charge is -2.22. The van der Waals surface area contributed by atoms with E-state index < -0.39 is 0 Å². The Morgan fingerprint density at radius 3 is 2.57 bits per heavy atom. The van der Waals surface area contributed by atoms with Crippen LogP contribution in [0.1, 0.15) is 38.9 Å². The quantitative estimate of drug-likeness (QED) is 0.773. The number of fused-ring (bicyclic) bond motifs is 1. The third kappa shape index (κ3) is 4.32. The van der Waals surface area contributed by atoms with Crippen molar-refractivity contribution in [3.05, 3.63) is 30.1 Å². The normalized spacial score (nSPS) is 11.1. The number of aromatic nitrogens is 2. The van der Waals surface area contributed by atoms with Gasteiger partial charge in [0, 0.05) is 26.1 Å². The molecule has 5 heteroatoms. The Hall–Kier alpha value is -1.88. The van der Waals surface area contributed by atoms with Crippen molar-refractivity contribution in [3.63, 3.8) is 0 Å². The summed E-state index contributed by atoms with van der Waals surface area (Å²) in [6, 6.07) is 7.89. The fourth-order valence-corrected chi connectivity index (χ4v) is 2.87. The summed E-state index contributed by atoms with van der Waals surface area (Å²) in [6.07, 6.45) is 3.27. The maximum atomic E-state index is 12.7. The van der Waals surface area contributed by atoms with Crippen LogP contribution < -0.4 is 0 Å². The molecule has 5 nitrogen and oxygen atoms in total. The summed E-state index contributed by atoms with van der Waals surface area (Å²) in [6.45, 7) is 6.23. The lowest BCUT2D eigenvalue weighted by molar-refractivity contribution is -0.131. The minimum absolute atomic E-state index is 0.134. The predicted molar refractivity (Wildman–Crippen MR) is 92.3 cm³/mol. The number of para-hydroxylation sites is 2. The highest BCUT2D eigenvalue weighted by Crippen LogP contribution is 2.17. The summed E-state index contributed by atoms with van der Waals surface area (Å²) in [5.41, 5.74) is 1.90. The number of carbonyl (C=O) groups excluding carboxylic acids is 1. The molecule has 0 saturated heterocycles. The van der Waals surface area contributed by atoms with Crippen LogP contribution in [0.25, 0.3) is 11.0 Å². The van der Waals surface area contributed by atoms with E-state index in [1.807, 2.05) is 33.7 Å². The zero-order valence-corrected chi connectivity index (χ0v) is 14.2. The van der Waals surface area contributed by atoms with Gasteiger partial charge < -0.3 is 14.6 Å². The van der Waals surface area contributed by atoms with Crippen LogP contribution in [0, 0.1) is 0 Å². The second-order valence-electron chi connectivity index (χ2n) is 5.81. The maximum Gasteiger partial charge on any atom is 0.242 e. The Labute approximate surface area is 137 Å². The van der Waals surface area contributed by atoms with Crippen LogP contribution in [0.3, 0.4) is 0 Å². The van der Waals surface area contributed by atoms with Gasteiger partial charge in [-0.1, -0.05) is 26.0 Å². The zero-order chi connectivity index (χ0) is 16.7. The highest BCUT2D eigenvalue weighted by molar-refractivity contribution is 5.81. The van der Waals surface area contributed by atoms with Gasteiger partial charge in [0.2, 0.25) is 5.91 Å². The number of hydrogen-bond acceptors (Lipinski definition) is 3. The van der Waals surface area contributed by atoms with Gasteiger partial charge >= 0.3 is 0 Å². The largest absolute Gasteiger partial charge is 0.396 e. The monoisotopic (exact) mass is 317 g/mol. The highest BCUT2D eigenvalue weighted by Gasteiger charge is 2.17. The number of rotatable bonds is 9. The van der Waals surface area contributed by atoms with Gasteiger partial charge in [0.25, 0.3) is 0 Å². The molecule has 0 atom stereocenters. The Morgan fingerprint density at radius 1 is 1.22 bits per heavy atom. The van der Waals surface area contributed by atoms with Crippen LogP contribution in [0.15, 0.2) is 24.3 Å². The molecule has 0 unspecified atom stereocenters. The molecule has 2 rings (SSSR count). The first-order valence-electron chi connectivity index (χ1n) is 8.54. The minimum atomic E-state index is 0.134. The number of aliphatic hydroxyl groups excluding tert-OH is 1. The lowest BCUT2D eigenvalue weighted by atomic mass is 10.3. The average Bonchev–Trinajstić information content (AvgIpc) is 2.90. The van der Waals surface area contributed by atoms with E-state index in [1.165, 1.54) is 0 Å². The van der Waals surface area contributed by atoms with Crippen molar-refractivity contribution >= 4 is 16.9 Å². The highest BCUT2D eigenvalue weighted by atomic mass is 16.3. The van der Waals surface area contributed by atoms with E-state index >= 15 is 0 Å². The van der Waals surface area contributed by atoms with Crippen LogP contribution >= 0.6 is 0 Å². The Bertz CT molecular complexity index is 630. The van der Waals surface area contributed by atoms with Crippen LogP contribution in [-0.4, -0.2) is 45.2 Å². The molecule has 0 saturated carbocycles. The van der Waals surface area contributed by atoms with E-state index in [0.29, 0.717) is 19.4 Å². The van der Waals surface area contributed by atoms with Crippen molar-refractivity contribution in [2.45, 2.75) is 46.1 Å². The first-order valence-corrected chi connectivity index (χ1v) is 8.54. The molecular weight excluding hydrogens is 290 g/mol. The molecule has 0 aliphatic heterocycles. The second kappa shape index (κ2) is 8.67. The molecule has 23 heavy (non-hydrogen) atoms. The van der Waals surface area contributed by atoms with Gasteiger partial charge in [-0.2, -0.15) is 0 Å². The molecule has 0 aliphatic carbocycles. The number of benzene rings is 1. The van der Waals surface area contributed by atoms with Gasteiger partial charge in [0.1, 0.15) is 12.4 Å². The Balaban J connectivity index is 2.27. The molecule has 1 aromatic heterocycles. The Morgan fingerprint density at radius 2 is 1.91 bits per heavy atom. The van der Waals surface area contributed by atoms with Crippen molar-refractivity contribution < 1.29 is 9.90 Å². The molecule has 1 heterocycles. The van der Waals surface area contributed by atoms with Gasteiger partial charge in [-0.15, -0.1) is 0 Å². The molecule has 1 N–H and O–H groups in total. The summed E-state index contributed by atoms with van der Waals surface area (Å²) in [5.74, 6) is 1.02. The maximum absolute atomic E-state index is 12.7. The molecular formula is C18H27N3O2. The molecule has 126 valence electrons. The van der Waals surface area contributed by atoms with Gasteiger partial charge in [-0.05, 0) is 31.4 Å². The van der Waals surface area contributed by atoms with E-state index in [9.17, 15) is 4.79 Å². The fourth-order valence-electron chi connectivity index (χ4n) is 2.87. The molecule has 0 fully saturated rings. The standard InChI is InChI=1S/C18H27N3O2/c1-3-11-20(12-4-2)18(23)14-21-16-9-6-5-8-15(16)19-17(21)10-7-13-22/h5-6,8-9,22H,3-4,7,10-14H2,1-2H3. The minimum Gasteiger partial charge on any atom is -0.396 e. The number of nitrogens with zero attached hydrogens (tertiary/aromatic N) is 3. The van der Waals surface area contributed by atoms with Gasteiger partial charge in [0.05, 0.1) is 11.0 Å². The van der Waals surface area contributed by atoms with Crippen molar-refractivity contribution in [2.24, 2.45) is 0 Å². The Kier molecular flexibility index (Phi) is 6.59. The van der Waals surface area contributed by atoms with Crippen molar-refractivity contribution in [1.29, 1.82) is 0 Å². The summed E-state index contributed by atoms with van der Waals surface area (Å²) in [4.78, 5) is 19.3. The first kappa shape index (κ1) is 17.5. The topological polar surface area (TPSA) is 58.4 Å². The number of imidazole rings is 1. The molecule has 2 aromatic rings. The molecule has 0 aliphatic rings. The van der Waals surface area contributed by atoms with Crippen molar-refractivity contribution in [3.8, 4) is 0 Å². The average molecular weight is 317 g/mol. The summed E-state index contributed by atoms with van der Waals surface area (Å²) in [5, 5.41) is 9.09. The zero-order valence-electron chi connectivity index (χ0n) is 14.2. The van der Waals surface area contributed by atoms with Crippen molar-refractivity contribution in [2.75, 3.05) is 19.7 Å². The number of aryl methyl sites for hydroxylation is 1. The SMILES string of the molecule is CCCN(CCC)C(=O)Cn1c(CCCO)nc2ccccc21. The molecule has 0 spiro atoms. The van der Waals surface area contributed by atoms with E-state index in [1.54, 1.807) is 0 Å². The van der Waals surface area contributed by atoms with Gasteiger partial charge in [0.15, 0.2) is 0 Å². The summed E-state index contributed by atoms with van der Waals surface area (Å²) >= 11 is 0. The molecule has 0 radical (unpaired) electrons. The first-order chi connectivity index (χ1) is 11.2. The van der Waals surface area contributed by atoms with Gasteiger partial charge in [-0.3, -0.25) is 4.79 Å². The smallest absolute Gasteiger partial charge is 0.242 e. The van der Waals surface area contributed by atoms with Crippen LogP contribution in [-0.2, 0) is 17.8 Å². The third-order valence-corrected chi connectivity index (χ3v) is 3.93. The predicted octanol–water partition coefficient (Wildman–Crippen LogP) is 2.61. The summed E-state index contributed by atoms with van der Waals surface area (Å²) < 4.78 is 2.01. The van der Waals surface area contributed by atoms with Crippen molar-refractivity contribution in [1.82, 2.24) is 14.5 Å². The lowest BCUT2D eigenvalue weighted by Crippen LogP contribution is -2.35.